The number of morpholine rings is 1. The van der Waals surface area contributed by atoms with Crippen molar-refractivity contribution in [2.24, 2.45) is 5.92 Å². The third kappa shape index (κ3) is 23.0. The van der Waals surface area contributed by atoms with Gasteiger partial charge >= 0.3 is 0 Å². The van der Waals surface area contributed by atoms with Crippen molar-refractivity contribution < 1.29 is 58.1 Å². The molecule has 0 radical (unpaired) electrons. The summed E-state index contributed by atoms with van der Waals surface area (Å²) in [6.45, 7) is 7.74. The molecule has 1 aliphatic heterocycles. The van der Waals surface area contributed by atoms with E-state index in [2.05, 4.69) is 57.4 Å². The molecule has 500 valence electrons. The highest BCUT2D eigenvalue weighted by Crippen LogP contribution is 2.20. The minimum atomic E-state index is -1.75. The van der Waals surface area contributed by atoms with Gasteiger partial charge in [0.15, 0.2) is 0 Å². The van der Waals surface area contributed by atoms with Crippen molar-refractivity contribution in [3.8, 4) is 5.75 Å². The van der Waals surface area contributed by atoms with E-state index in [0.717, 1.165) is 21.2 Å². The van der Waals surface area contributed by atoms with Crippen molar-refractivity contribution >= 4 is 75.5 Å². The lowest BCUT2D eigenvalue weighted by Gasteiger charge is -2.32. The van der Waals surface area contributed by atoms with E-state index in [1.807, 2.05) is 56.3 Å². The Balaban J connectivity index is 1.12. The van der Waals surface area contributed by atoms with Gasteiger partial charge in [0.25, 0.3) is 5.91 Å². The molecular weight excluding hydrogens is 1220 g/mol. The second-order valence-corrected chi connectivity index (χ2v) is 24.2. The largest absolute Gasteiger partial charge is 0.508 e. The van der Waals surface area contributed by atoms with Crippen LogP contribution in [-0.2, 0) is 68.8 Å². The van der Waals surface area contributed by atoms with Gasteiger partial charge in [0.05, 0.1) is 25.4 Å². The predicted molar refractivity (Wildman–Crippen MR) is 354 cm³/mol. The number of nitrogens with zero attached hydrogens (tertiary/aromatic N) is 4. The first-order valence-electron chi connectivity index (χ1n) is 31.5. The number of ether oxygens (including phenoxy) is 1. The first-order valence-corrected chi connectivity index (χ1v) is 31.9. The fourth-order valence-electron chi connectivity index (χ4n) is 10.8. The van der Waals surface area contributed by atoms with E-state index < -0.39 is 96.2 Å². The number of phenols is 1. The third-order valence-electron chi connectivity index (χ3n) is 15.9. The fraction of sp³-hybridized carbons (Fsp3) is 0.406. The molecule has 1 saturated heterocycles. The maximum absolute atomic E-state index is 15.0. The maximum Gasteiger partial charge on any atom is 0.252 e. The Morgan fingerprint density at radius 2 is 1.14 bits per heavy atom. The summed E-state index contributed by atoms with van der Waals surface area (Å²) in [5.41, 5.74) is 2.60. The van der Waals surface area contributed by atoms with Crippen molar-refractivity contribution in [2.75, 3.05) is 59.6 Å². The van der Waals surface area contributed by atoms with Gasteiger partial charge in [0.2, 0.25) is 47.3 Å². The molecule has 24 nitrogen and oxygen atoms in total. The van der Waals surface area contributed by atoms with Gasteiger partial charge in [0, 0.05) is 102 Å². The van der Waals surface area contributed by atoms with Crippen LogP contribution >= 0.6 is 11.6 Å². The Hall–Kier alpha value is -9.36. The molecule has 6 aromatic rings. The van der Waals surface area contributed by atoms with Crippen LogP contribution in [0, 0.1) is 5.92 Å². The van der Waals surface area contributed by atoms with Gasteiger partial charge in [0.1, 0.15) is 48.0 Å². The quantitative estimate of drug-likeness (QED) is 0.0260. The van der Waals surface area contributed by atoms with Crippen LogP contribution < -0.4 is 42.5 Å². The molecule has 94 heavy (non-hydrogen) atoms. The van der Waals surface area contributed by atoms with Crippen LogP contribution in [0.4, 0.5) is 0 Å². The number of hydrogen-bond donors (Lipinski definition) is 10. The number of rotatable bonds is 34. The molecule has 0 aliphatic carbocycles. The average molecular weight is 1310 g/mol. The molecule has 7 rings (SSSR count). The smallest absolute Gasteiger partial charge is 0.252 e. The minimum Gasteiger partial charge on any atom is -0.508 e. The molecule has 3 heterocycles. The number of halogens is 1. The summed E-state index contributed by atoms with van der Waals surface area (Å²) in [6.07, 6.45) is 6.43. The summed E-state index contributed by atoms with van der Waals surface area (Å²) in [7, 11) is 1.29. The van der Waals surface area contributed by atoms with Gasteiger partial charge in [-0.15, -0.1) is 0 Å². The zero-order valence-electron chi connectivity index (χ0n) is 53.4. The normalized spacial score (nSPS) is 14.5. The Morgan fingerprint density at radius 3 is 1.77 bits per heavy atom. The number of nitrogens with one attached hydrogen (secondary N) is 8. The summed E-state index contributed by atoms with van der Waals surface area (Å²) in [6, 6.07) is 22.7. The lowest BCUT2D eigenvalue weighted by atomic mass is 9.99. The molecule has 25 heteroatoms. The summed E-state index contributed by atoms with van der Waals surface area (Å²) in [4.78, 5) is 139. The van der Waals surface area contributed by atoms with Crippen molar-refractivity contribution in [1.29, 1.82) is 0 Å². The number of aromatic nitrogens is 2. The molecule has 1 fully saturated rings. The van der Waals surface area contributed by atoms with Gasteiger partial charge < -0.3 is 62.4 Å². The van der Waals surface area contributed by atoms with Crippen LogP contribution in [-0.4, -0.2) is 185 Å². The number of unbranched alkanes of at least 4 members (excludes halogenated alkanes) is 1. The number of aliphatic hydroxyl groups is 1. The molecule has 7 atom stereocenters. The fourth-order valence-corrected chi connectivity index (χ4v) is 10.9. The van der Waals surface area contributed by atoms with Gasteiger partial charge in [-0.1, -0.05) is 98.2 Å². The lowest BCUT2D eigenvalue weighted by molar-refractivity contribution is -0.144. The molecule has 1 aliphatic rings. The van der Waals surface area contributed by atoms with Crippen LogP contribution in [0.25, 0.3) is 10.8 Å². The molecule has 0 unspecified atom stereocenters. The van der Waals surface area contributed by atoms with Crippen molar-refractivity contribution in [3.63, 3.8) is 0 Å². The van der Waals surface area contributed by atoms with E-state index in [1.165, 1.54) is 56.8 Å². The SMILES string of the molecule is CC(=O)N[C@H](Cc1ccc2ccccc2c1)C(=O)N[C@H](Cc1ccc(Cl)cc1)C(=O)N[C@H](Cc1cccnc1)C(=O)N[C@@H](CO)C(=O)N(C)[C@@H](Cc1ccc(O)cc1)C(=O)N[C@H](CCCCNC(=O)c1cccnc1)C(=O)N[C@@H](CC(C)C)C(=O)NCCN1CCOCC1. The monoisotopic (exact) mass is 1310 g/mol. The van der Waals surface area contributed by atoms with Crippen molar-refractivity contribution in [3.05, 3.63) is 173 Å². The van der Waals surface area contributed by atoms with E-state index in [-0.39, 0.29) is 69.1 Å². The van der Waals surface area contributed by atoms with Crippen LogP contribution in [0.5, 0.6) is 5.75 Å². The zero-order chi connectivity index (χ0) is 67.5. The number of carbonyl (C=O) groups excluding carboxylic acids is 9. The number of aromatic hydroxyl groups is 1. The Labute approximate surface area is 552 Å². The molecule has 0 saturated carbocycles. The molecule has 2 aromatic heterocycles. The summed E-state index contributed by atoms with van der Waals surface area (Å²) in [5, 5.41) is 45.9. The van der Waals surface area contributed by atoms with Crippen molar-refractivity contribution in [1.82, 2.24) is 62.3 Å². The van der Waals surface area contributed by atoms with Crippen LogP contribution in [0.15, 0.2) is 140 Å². The molecule has 0 spiro atoms. The molecule has 0 bridgehead atoms. The highest BCUT2D eigenvalue weighted by molar-refractivity contribution is 6.30. The van der Waals surface area contributed by atoms with Crippen molar-refractivity contribution in [2.45, 2.75) is 114 Å². The Bertz CT molecular complexity index is 3490. The number of phenolic OH excluding ortho intramolecular Hbond substituents is 1. The number of likely N-dealkylation sites (N-methyl/N-ethyl adjacent to an activating group) is 1. The van der Waals surface area contributed by atoms with E-state index in [0.29, 0.717) is 73.1 Å². The van der Waals surface area contributed by atoms with E-state index in [9.17, 15) is 48.6 Å². The highest BCUT2D eigenvalue weighted by atomic mass is 35.5. The van der Waals surface area contributed by atoms with Gasteiger partial charge in [-0.2, -0.15) is 0 Å². The molecule has 10 N–H and O–H groups in total. The van der Waals surface area contributed by atoms with Crippen LogP contribution in [0.2, 0.25) is 5.02 Å². The van der Waals surface area contributed by atoms with E-state index in [4.69, 9.17) is 16.3 Å². The standard InChI is InChI=1S/C69H85ClN12O12/c1-44(2)35-56(63(87)74-29-30-82-31-33-94-34-32-82)77-64(88)55(15-7-8-28-73-62(86)52-14-10-27-72-42-52)76-68(92)61(40-47-19-24-54(85)25-20-47)81(4)69(93)60(43-83)80-67(91)59(39-49-11-9-26-71-41-49)79-66(90)58(37-46-17-22-53(70)23-18-46)78-65(89)57(75-45(3)84)38-48-16-21-50-12-5-6-13-51(50)36-48/h5-6,9-14,16-27,36,41-42,44,55-61,83,85H,7-8,15,28-35,37-40,43H2,1-4H3,(H,73,86)(H,74,87)(H,75,84)(H,76,92)(H,77,88)(H,78,89)(H,79,90)(H,80,91)/t55-,56+,57-,58-,59-,60+,61+/m1/s1. The summed E-state index contributed by atoms with van der Waals surface area (Å²) < 4.78 is 5.46. The number of benzene rings is 4. The number of aliphatic hydroxyl groups excluding tert-OH is 1. The van der Waals surface area contributed by atoms with Gasteiger partial charge in [-0.3, -0.25) is 58.0 Å². The summed E-state index contributed by atoms with van der Waals surface area (Å²) in [5.74, 6) is -6.36. The summed E-state index contributed by atoms with van der Waals surface area (Å²) >= 11 is 6.24. The first kappa shape index (κ1) is 72.1. The minimum absolute atomic E-state index is 0.0157. The molecule has 4 aromatic carbocycles. The number of carbonyl (C=O) groups is 9. The van der Waals surface area contributed by atoms with Crippen LogP contribution in [0.3, 0.4) is 0 Å². The van der Waals surface area contributed by atoms with Crippen LogP contribution in [0.1, 0.15) is 79.1 Å². The maximum atomic E-state index is 15.0. The van der Waals surface area contributed by atoms with Gasteiger partial charge in [-0.25, -0.2) is 0 Å². The topological polar surface area (TPSA) is 332 Å². The molecule has 9 amide bonds. The third-order valence-corrected chi connectivity index (χ3v) is 16.2. The second kappa shape index (κ2) is 36.8. The van der Waals surface area contributed by atoms with E-state index >= 15 is 4.79 Å². The molecular formula is C69H85ClN12O12. The average Bonchev–Trinajstić information content (AvgIpc) is 0.881. The second-order valence-electron chi connectivity index (χ2n) is 23.7. The number of fused-ring (bicyclic) bond motifs is 1. The number of amides is 9. The predicted octanol–water partition coefficient (Wildman–Crippen LogP) is 3.10. The highest BCUT2D eigenvalue weighted by Gasteiger charge is 2.37. The van der Waals surface area contributed by atoms with E-state index in [1.54, 1.807) is 54.7 Å². The first-order chi connectivity index (χ1) is 45.2. The lowest BCUT2D eigenvalue weighted by Crippen LogP contribution is -2.61. The Morgan fingerprint density at radius 1 is 0.574 bits per heavy atom. The van der Waals surface area contributed by atoms with Gasteiger partial charge in [-0.05, 0) is 107 Å². The number of hydrogen-bond acceptors (Lipinski definition) is 15. The Kier molecular flexibility index (Phi) is 28.2. The number of pyridine rings is 2. The zero-order valence-corrected chi connectivity index (χ0v) is 54.1.